The van der Waals surface area contributed by atoms with Gasteiger partial charge in [-0.05, 0) is 67.3 Å². The Morgan fingerprint density at radius 2 is 1.87 bits per heavy atom. The number of benzene rings is 2. The van der Waals surface area contributed by atoms with E-state index in [0.717, 1.165) is 39.4 Å². The van der Waals surface area contributed by atoms with Crippen LogP contribution in [0.25, 0.3) is 11.0 Å². The predicted molar refractivity (Wildman–Crippen MR) is 123 cm³/mol. The van der Waals surface area contributed by atoms with Crippen molar-refractivity contribution in [2.24, 2.45) is 0 Å². The van der Waals surface area contributed by atoms with Crippen LogP contribution in [0.3, 0.4) is 0 Å². The van der Waals surface area contributed by atoms with Crippen LogP contribution < -0.4 is 20.6 Å². The number of carbonyl (C=O) groups excluding carboxylic acids is 1. The van der Waals surface area contributed by atoms with Crippen molar-refractivity contribution < 1.29 is 18.8 Å². The number of methoxy groups -OCH3 is 1. The Morgan fingerprint density at radius 1 is 1.16 bits per heavy atom. The Bertz CT molecular complexity index is 1120. The molecule has 0 aliphatic carbocycles. The molecule has 0 saturated carbocycles. The van der Waals surface area contributed by atoms with E-state index in [2.05, 4.69) is 25.2 Å². The van der Waals surface area contributed by atoms with Crippen molar-refractivity contribution >= 4 is 22.6 Å². The normalized spacial score (nSPS) is 12.2. The van der Waals surface area contributed by atoms with Crippen molar-refractivity contribution in [1.29, 1.82) is 0 Å². The number of aryl methyl sites for hydroxylation is 1. The summed E-state index contributed by atoms with van der Waals surface area (Å²) in [6, 6.07) is 12.9. The number of fused-ring (bicyclic) bond motifs is 1. The number of nitrogens with one attached hydrogen (secondary N) is 2. The van der Waals surface area contributed by atoms with E-state index < -0.39 is 0 Å². The van der Waals surface area contributed by atoms with Crippen molar-refractivity contribution in [3.05, 3.63) is 69.6 Å². The molecule has 0 fully saturated rings. The van der Waals surface area contributed by atoms with Gasteiger partial charge in [0.05, 0.1) is 13.7 Å². The van der Waals surface area contributed by atoms with E-state index in [0.29, 0.717) is 24.6 Å². The molecule has 0 aliphatic rings. The van der Waals surface area contributed by atoms with Crippen molar-refractivity contribution in [3.8, 4) is 5.75 Å². The highest BCUT2D eigenvalue weighted by molar-refractivity contribution is 5.91. The highest BCUT2D eigenvalue weighted by atomic mass is 16.5. The summed E-state index contributed by atoms with van der Waals surface area (Å²) in [5, 5.41) is 3.87. The molecule has 0 aliphatic heterocycles. The van der Waals surface area contributed by atoms with E-state index in [9.17, 15) is 9.59 Å². The highest BCUT2D eigenvalue weighted by Crippen LogP contribution is 2.26. The smallest absolute Gasteiger partial charge is 0.336 e. The highest BCUT2D eigenvalue weighted by Gasteiger charge is 2.18. The summed E-state index contributed by atoms with van der Waals surface area (Å²) in [6.07, 6.45) is 0. The molecule has 3 aromatic rings. The van der Waals surface area contributed by atoms with Gasteiger partial charge in [0.1, 0.15) is 17.9 Å². The first kappa shape index (κ1) is 22.6. The Hall–Kier alpha value is -3.12. The molecule has 0 spiro atoms. The van der Waals surface area contributed by atoms with E-state index in [-0.39, 0.29) is 11.5 Å². The molecule has 1 atom stereocenters. The summed E-state index contributed by atoms with van der Waals surface area (Å²) < 4.78 is 10.6. The maximum atomic E-state index is 12.6. The van der Waals surface area contributed by atoms with Crippen LogP contribution in [0.15, 0.2) is 51.7 Å². The molecule has 0 bridgehead atoms. The van der Waals surface area contributed by atoms with Crippen LogP contribution in [0.4, 0.5) is 5.69 Å². The molecule has 1 amide bonds. The lowest BCUT2D eigenvalue weighted by Crippen LogP contribution is -3.11. The molecular weight excluding hydrogens is 392 g/mol. The van der Waals surface area contributed by atoms with Crippen molar-refractivity contribution in [2.75, 3.05) is 25.5 Å². The Balaban J connectivity index is 1.80. The average Bonchev–Trinajstić information content (AvgIpc) is 2.72. The lowest BCUT2D eigenvalue weighted by Gasteiger charge is -2.19. The fourth-order valence-corrected chi connectivity index (χ4v) is 3.85. The first-order valence-electron chi connectivity index (χ1n) is 10.7. The minimum absolute atomic E-state index is 0.0759. The minimum Gasteiger partial charge on any atom is -0.497 e. The summed E-state index contributed by atoms with van der Waals surface area (Å²) in [7, 11) is 1.61. The van der Waals surface area contributed by atoms with Gasteiger partial charge in [0, 0.05) is 22.7 Å². The molecule has 6 heteroatoms. The van der Waals surface area contributed by atoms with Crippen LogP contribution in [-0.2, 0) is 11.3 Å². The third kappa shape index (κ3) is 5.52. The molecule has 6 nitrogen and oxygen atoms in total. The van der Waals surface area contributed by atoms with E-state index in [4.69, 9.17) is 9.15 Å². The number of amides is 1. The van der Waals surface area contributed by atoms with Gasteiger partial charge in [-0.15, -0.1) is 0 Å². The van der Waals surface area contributed by atoms with Crippen LogP contribution in [0.2, 0.25) is 0 Å². The fourth-order valence-electron chi connectivity index (χ4n) is 3.85. The number of ether oxygens (including phenoxy) is 1. The van der Waals surface area contributed by atoms with Crippen LogP contribution in [0, 0.1) is 6.92 Å². The molecule has 31 heavy (non-hydrogen) atoms. The molecule has 2 aromatic carbocycles. The van der Waals surface area contributed by atoms with Gasteiger partial charge >= 0.3 is 5.63 Å². The molecule has 1 heterocycles. The predicted octanol–water partition coefficient (Wildman–Crippen LogP) is 3.28. The zero-order valence-corrected chi connectivity index (χ0v) is 18.9. The van der Waals surface area contributed by atoms with Gasteiger partial charge < -0.3 is 19.4 Å². The minimum atomic E-state index is -0.364. The summed E-state index contributed by atoms with van der Waals surface area (Å²) >= 11 is 0. The number of rotatable bonds is 8. The largest absolute Gasteiger partial charge is 0.497 e. The standard InChI is InChI=1S/C25H30N2O4/c1-6-27(15-24(28)26-19-7-9-20(30-5)10-8-19)14-18-12-25(29)31-23-11-17(4)21(16(2)3)13-22(18)23/h7-13,16H,6,14-15H2,1-5H3,(H,26,28)/p+1. The van der Waals surface area contributed by atoms with Crippen LogP contribution in [0.5, 0.6) is 5.75 Å². The molecule has 164 valence electrons. The molecule has 1 unspecified atom stereocenters. The number of carbonyl (C=O) groups is 1. The topological polar surface area (TPSA) is 73.0 Å². The van der Waals surface area contributed by atoms with E-state index in [1.54, 1.807) is 13.2 Å². The number of hydrogen-bond acceptors (Lipinski definition) is 4. The number of hydrogen-bond donors (Lipinski definition) is 2. The van der Waals surface area contributed by atoms with Crippen molar-refractivity contribution in [3.63, 3.8) is 0 Å². The van der Waals surface area contributed by atoms with Crippen LogP contribution >= 0.6 is 0 Å². The third-order valence-corrected chi connectivity index (χ3v) is 5.56. The molecule has 0 radical (unpaired) electrons. The monoisotopic (exact) mass is 423 g/mol. The lowest BCUT2D eigenvalue weighted by atomic mass is 9.95. The quantitative estimate of drug-likeness (QED) is 0.546. The van der Waals surface area contributed by atoms with Gasteiger partial charge in [-0.2, -0.15) is 0 Å². The fraction of sp³-hybridized carbons (Fsp3) is 0.360. The van der Waals surface area contributed by atoms with Gasteiger partial charge in [0.25, 0.3) is 5.91 Å². The average molecular weight is 424 g/mol. The number of likely N-dealkylation sites (N-methyl/N-ethyl adjacent to an activating group) is 1. The van der Waals surface area contributed by atoms with Gasteiger partial charge in [0.15, 0.2) is 6.54 Å². The zero-order valence-electron chi connectivity index (χ0n) is 18.9. The molecule has 3 rings (SSSR count). The lowest BCUT2D eigenvalue weighted by molar-refractivity contribution is -0.903. The second-order valence-corrected chi connectivity index (χ2v) is 8.18. The maximum Gasteiger partial charge on any atom is 0.336 e. The third-order valence-electron chi connectivity index (χ3n) is 5.56. The second-order valence-electron chi connectivity index (χ2n) is 8.18. The molecular formula is C25H31N2O4+. The number of anilines is 1. The summed E-state index contributed by atoms with van der Waals surface area (Å²) in [6.45, 7) is 9.99. The van der Waals surface area contributed by atoms with Crippen molar-refractivity contribution in [2.45, 2.75) is 40.2 Å². The van der Waals surface area contributed by atoms with E-state index in [1.807, 2.05) is 44.2 Å². The Labute approximate surface area is 182 Å². The Kier molecular flexibility index (Phi) is 7.13. The van der Waals surface area contributed by atoms with Gasteiger partial charge in [0.2, 0.25) is 0 Å². The van der Waals surface area contributed by atoms with E-state index in [1.165, 1.54) is 5.56 Å². The first-order valence-corrected chi connectivity index (χ1v) is 10.7. The van der Waals surface area contributed by atoms with Gasteiger partial charge in [-0.25, -0.2) is 4.79 Å². The summed E-state index contributed by atoms with van der Waals surface area (Å²) in [4.78, 5) is 25.8. The van der Waals surface area contributed by atoms with Crippen LogP contribution in [0.1, 0.15) is 43.4 Å². The van der Waals surface area contributed by atoms with E-state index >= 15 is 0 Å². The van der Waals surface area contributed by atoms with Gasteiger partial charge in [-0.1, -0.05) is 13.8 Å². The van der Waals surface area contributed by atoms with Gasteiger partial charge in [-0.3, -0.25) is 4.79 Å². The molecule has 2 N–H and O–H groups in total. The molecule has 0 saturated heterocycles. The summed E-state index contributed by atoms with van der Waals surface area (Å²) in [5.74, 6) is 1.03. The second kappa shape index (κ2) is 9.79. The number of quaternary nitrogens is 1. The zero-order chi connectivity index (χ0) is 22.5. The summed E-state index contributed by atoms with van der Waals surface area (Å²) in [5.41, 5.74) is 4.21. The maximum absolute atomic E-state index is 12.6. The first-order chi connectivity index (χ1) is 14.8. The van der Waals surface area contributed by atoms with Crippen LogP contribution in [-0.4, -0.2) is 26.1 Å². The SMILES string of the molecule is CC[NH+](CC(=O)Nc1ccc(OC)cc1)Cc1cc(=O)oc2cc(C)c(C(C)C)cc12. The molecule has 1 aromatic heterocycles. The van der Waals surface area contributed by atoms with Crippen molar-refractivity contribution in [1.82, 2.24) is 0 Å². The Morgan fingerprint density at radius 3 is 2.48 bits per heavy atom.